The Kier molecular flexibility index (Phi) is 3.97. The average Bonchev–Trinajstić information content (AvgIpc) is 2.24. The van der Waals surface area contributed by atoms with E-state index in [4.69, 9.17) is 0 Å². The maximum Gasteiger partial charge on any atom is 0.226 e. The number of piperazine rings is 1. The molecule has 0 aromatic heterocycles. The molecular formula is C14H27N3O. The smallest absolute Gasteiger partial charge is 0.226 e. The normalized spacial score (nSPS) is 24.8. The predicted molar refractivity (Wildman–Crippen MR) is 73.4 cm³/mol. The minimum atomic E-state index is 0.0616. The van der Waals surface area contributed by atoms with Crippen molar-refractivity contribution in [3.63, 3.8) is 0 Å². The van der Waals surface area contributed by atoms with E-state index in [1.807, 2.05) is 0 Å². The van der Waals surface area contributed by atoms with Crippen LogP contribution < -0.4 is 5.32 Å². The number of nitrogens with one attached hydrogen (secondary N) is 1. The molecule has 0 aliphatic carbocycles. The lowest BCUT2D eigenvalue weighted by Gasteiger charge is -2.44. The van der Waals surface area contributed by atoms with Crippen LogP contribution in [0.2, 0.25) is 0 Å². The van der Waals surface area contributed by atoms with Crippen LogP contribution in [0.5, 0.6) is 0 Å². The zero-order chi connectivity index (χ0) is 13.3. The molecule has 0 aromatic rings. The highest BCUT2D eigenvalue weighted by Gasteiger charge is 2.33. The number of rotatable bonds is 2. The first-order valence-corrected chi connectivity index (χ1v) is 7.13. The van der Waals surface area contributed by atoms with Crippen molar-refractivity contribution in [1.29, 1.82) is 0 Å². The molecule has 2 heterocycles. The van der Waals surface area contributed by atoms with Gasteiger partial charge in [-0.1, -0.05) is 27.7 Å². The van der Waals surface area contributed by atoms with Gasteiger partial charge in [-0.3, -0.25) is 9.69 Å². The molecule has 1 unspecified atom stereocenters. The molecule has 1 N–H and O–H groups in total. The average molecular weight is 253 g/mol. The van der Waals surface area contributed by atoms with Crippen molar-refractivity contribution < 1.29 is 4.79 Å². The van der Waals surface area contributed by atoms with E-state index in [2.05, 4.69) is 42.8 Å². The Morgan fingerprint density at radius 3 is 2.11 bits per heavy atom. The van der Waals surface area contributed by atoms with E-state index in [0.29, 0.717) is 11.9 Å². The van der Waals surface area contributed by atoms with Gasteiger partial charge in [-0.15, -0.1) is 0 Å². The molecule has 1 atom stereocenters. The van der Waals surface area contributed by atoms with Gasteiger partial charge >= 0.3 is 0 Å². The number of hydrogen-bond donors (Lipinski definition) is 1. The summed E-state index contributed by atoms with van der Waals surface area (Å²) in [5.74, 6) is 0.434. The van der Waals surface area contributed by atoms with Gasteiger partial charge in [0, 0.05) is 51.2 Å². The van der Waals surface area contributed by atoms with Crippen molar-refractivity contribution in [3.8, 4) is 0 Å². The van der Waals surface area contributed by atoms with E-state index in [-0.39, 0.29) is 11.3 Å². The minimum absolute atomic E-state index is 0.0616. The fourth-order valence-electron chi connectivity index (χ4n) is 2.48. The maximum atomic E-state index is 12.4. The first-order chi connectivity index (χ1) is 8.39. The van der Waals surface area contributed by atoms with E-state index >= 15 is 0 Å². The molecule has 1 amide bonds. The maximum absolute atomic E-state index is 12.4. The van der Waals surface area contributed by atoms with Crippen LogP contribution in [0.3, 0.4) is 0 Å². The van der Waals surface area contributed by atoms with Gasteiger partial charge in [0.15, 0.2) is 0 Å². The topological polar surface area (TPSA) is 35.6 Å². The van der Waals surface area contributed by atoms with E-state index < -0.39 is 0 Å². The molecule has 2 rings (SSSR count). The molecule has 0 aromatic carbocycles. The van der Waals surface area contributed by atoms with Crippen LogP contribution in [0.25, 0.3) is 0 Å². The van der Waals surface area contributed by atoms with E-state index in [1.54, 1.807) is 0 Å². The lowest BCUT2D eigenvalue weighted by molar-refractivity contribution is -0.140. The fraction of sp³-hybridized carbons (Fsp3) is 0.929. The van der Waals surface area contributed by atoms with Crippen LogP contribution in [-0.2, 0) is 4.79 Å². The first kappa shape index (κ1) is 13.8. The summed E-state index contributed by atoms with van der Waals surface area (Å²) in [6, 6.07) is 0.710. The van der Waals surface area contributed by atoms with Crippen LogP contribution in [0.15, 0.2) is 0 Å². The lowest BCUT2D eigenvalue weighted by atomic mass is 9.81. The summed E-state index contributed by atoms with van der Waals surface area (Å²) < 4.78 is 0. The zero-order valence-electron chi connectivity index (χ0n) is 12.2. The molecule has 4 nitrogen and oxygen atoms in total. The van der Waals surface area contributed by atoms with Crippen molar-refractivity contribution in [1.82, 2.24) is 15.1 Å². The Morgan fingerprint density at radius 2 is 1.72 bits per heavy atom. The second-order valence-electron chi connectivity index (χ2n) is 6.76. The molecule has 2 fully saturated rings. The molecule has 2 aliphatic rings. The SMILES string of the molecule is CC(C(=O)N1CCN(C2CNC2)CC1)C(C)(C)C. The second kappa shape index (κ2) is 5.17. The van der Waals surface area contributed by atoms with E-state index in [9.17, 15) is 4.79 Å². The van der Waals surface area contributed by atoms with Crippen LogP contribution >= 0.6 is 0 Å². The largest absolute Gasteiger partial charge is 0.340 e. The third kappa shape index (κ3) is 2.86. The van der Waals surface area contributed by atoms with Crippen molar-refractivity contribution in [2.24, 2.45) is 11.3 Å². The molecule has 0 saturated carbocycles. The summed E-state index contributed by atoms with van der Waals surface area (Å²) in [5, 5.41) is 3.31. The predicted octanol–water partition coefficient (Wildman–Crippen LogP) is 0.785. The van der Waals surface area contributed by atoms with Gasteiger partial charge < -0.3 is 10.2 Å². The Labute approximate surface area is 111 Å². The summed E-state index contributed by atoms with van der Waals surface area (Å²) in [5.41, 5.74) is 0.0616. The number of carbonyl (C=O) groups is 1. The second-order valence-corrected chi connectivity index (χ2v) is 6.76. The van der Waals surface area contributed by atoms with Gasteiger partial charge in [-0.25, -0.2) is 0 Å². The van der Waals surface area contributed by atoms with Crippen LogP contribution in [0.1, 0.15) is 27.7 Å². The van der Waals surface area contributed by atoms with Crippen LogP contribution in [-0.4, -0.2) is 61.0 Å². The van der Waals surface area contributed by atoms with Gasteiger partial charge in [0.1, 0.15) is 0 Å². The van der Waals surface area contributed by atoms with E-state index in [0.717, 1.165) is 39.3 Å². The molecule has 4 heteroatoms. The van der Waals surface area contributed by atoms with Gasteiger partial charge in [0.25, 0.3) is 0 Å². The molecule has 104 valence electrons. The molecule has 2 aliphatic heterocycles. The molecule has 18 heavy (non-hydrogen) atoms. The Morgan fingerprint density at radius 1 is 1.17 bits per heavy atom. The van der Waals surface area contributed by atoms with Crippen LogP contribution in [0.4, 0.5) is 0 Å². The van der Waals surface area contributed by atoms with Crippen molar-refractivity contribution in [3.05, 3.63) is 0 Å². The summed E-state index contributed by atoms with van der Waals surface area (Å²) >= 11 is 0. The molecule has 2 saturated heterocycles. The first-order valence-electron chi connectivity index (χ1n) is 7.13. The highest BCUT2D eigenvalue weighted by atomic mass is 16.2. The van der Waals surface area contributed by atoms with Gasteiger partial charge in [-0.05, 0) is 5.41 Å². The Hall–Kier alpha value is -0.610. The molecular weight excluding hydrogens is 226 g/mol. The van der Waals surface area contributed by atoms with Crippen LogP contribution in [0, 0.1) is 11.3 Å². The fourth-order valence-corrected chi connectivity index (χ4v) is 2.48. The summed E-state index contributed by atoms with van der Waals surface area (Å²) in [7, 11) is 0. The van der Waals surface area contributed by atoms with Crippen molar-refractivity contribution in [2.45, 2.75) is 33.7 Å². The van der Waals surface area contributed by atoms with Crippen molar-refractivity contribution >= 4 is 5.91 Å². The standard InChI is InChI=1S/C14H27N3O/c1-11(14(2,3)4)13(18)17-7-5-16(6-8-17)12-9-15-10-12/h11-12,15H,5-10H2,1-4H3. The quantitative estimate of drug-likeness (QED) is 0.790. The third-order valence-corrected chi connectivity index (χ3v) is 4.57. The third-order valence-electron chi connectivity index (χ3n) is 4.57. The van der Waals surface area contributed by atoms with Gasteiger partial charge in [0.2, 0.25) is 5.91 Å². The monoisotopic (exact) mass is 253 g/mol. The highest BCUT2D eigenvalue weighted by molar-refractivity contribution is 5.79. The highest BCUT2D eigenvalue weighted by Crippen LogP contribution is 2.27. The number of hydrogen-bond acceptors (Lipinski definition) is 3. The summed E-state index contributed by atoms with van der Waals surface area (Å²) in [6.45, 7) is 14.6. The molecule has 0 bridgehead atoms. The summed E-state index contributed by atoms with van der Waals surface area (Å²) in [6.07, 6.45) is 0. The lowest BCUT2D eigenvalue weighted by Crippen LogP contribution is -2.62. The van der Waals surface area contributed by atoms with Gasteiger partial charge in [0.05, 0.1) is 0 Å². The van der Waals surface area contributed by atoms with Crippen molar-refractivity contribution in [2.75, 3.05) is 39.3 Å². The minimum Gasteiger partial charge on any atom is -0.340 e. The number of amides is 1. The molecule has 0 radical (unpaired) electrons. The molecule has 0 spiro atoms. The zero-order valence-corrected chi connectivity index (χ0v) is 12.2. The Balaban J connectivity index is 1.83. The Bertz CT molecular complexity index is 299. The number of carbonyl (C=O) groups excluding carboxylic acids is 1. The number of nitrogens with zero attached hydrogens (tertiary/aromatic N) is 2. The van der Waals surface area contributed by atoms with E-state index in [1.165, 1.54) is 0 Å². The summed E-state index contributed by atoms with van der Waals surface area (Å²) in [4.78, 5) is 17.0. The van der Waals surface area contributed by atoms with Gasteiger partial charge in [-0.2, -0.15) is 0 Å².